The number of halogens is 1. The van der Waals surface area contributed by atoms with Crippen molar-refractivity contribution in [1.82, 2.24) is 4.98 Å². The first-order chi connectivity index (χ1) is 18.2. The number of nitrogens with one attached hydrogen (secondary N) is 1. The minimum Gasteiger partial charge on any atom is -0.489 e. The summed E-state index contributed by atoms with van der Waals surface area (Å²) in [4.78, 5) is 5.46. The number of fused-ring (bicyclic) bond motifs is 1. The van der Waals surface area contributed by atoms with Crippen molar-refractivity contribution in [2.45, 2.75) is 18.9 Å². The van der Waals surface area contributed by atoms with Crippen LogP contribution < -0.4 is 9.64 Å². The Bertz CT molecular complexity index is 1460. The second kappa shape index (κ2) is 10.3. The Morgan fingerprint density at radius 2 is 1.70 bits per heavy atom. The standard InChI is InChI=1S/C30H28FN3O3/c31-26-17-21(4-6-29(26)34-10-14-36-15-11-34)28-18-25-24(2-1-3-27(25)33-28)20-5-7-30(22(16-20)19-32)37-23-8-12-35-13-9-23/h1-7,16-18,23,33H,8-15H2. The van der Waals surface area contributed by atoms with Crippen LogP contribution >= 0.6 is 0 Å². The molecule has 0 saturated carbocycles. The van der Waals surface area contributed by atoms with Gasteiger partial charge in [-0.25, -0.2) is 4.39 Å². The molecular weight excluding hydrogens is 469 g/mol. The molecule has 0 amide bonds. The molecule has 0 aliphatic carbocycles. The number of hydrogen-bond acceptors (Lipinski definition) is 5. The van der Waals surface area contributed by atoms with E-state index in [-0.39, 0.29) is 11.9 Å². The number of nitriles is 1. The van der Waals surface area contributed by atoms with Crippen LogP contribution in [0.5, 0.6) is 5.75 Å². The maximum Gasteiger partial charge on any atom is 0.147 e. The molecule has 37 heavy (non-hydrogen) atoms. The van der Waals surface area contributed by atoms with Crippen LogP contribution in [-0.2, 0) is 9.47 Å². The number of ether oxygens (including phenoxy) is 3. The molecule has 0 radical (unpaired) electrons. The van der Waals surface area contributed by atoms with E-state index in [1.165, 1.54) is 0 Å². The molecule has 2 saturated heterocycles. The fourth-order valence-corrected chi connectivity index (χ4v) is 5.16. The summed E-state index contributed by atoms with van der Waals surface area (Å²) in [6.07, 6.45) is 1.72. The lowest BCUT2D eigenvalue weighted by atomic mass is 9.99. The van der Waals surface area contributed by atoms with Gasteiger partial charge in [0.2, 0.25) is 0 Å². The summed E-state index contributed by atoms with van der Waals surface area (Å²) in [5.41, 5.74) is 5.63. The molecule has 0 unspecified atom stereocenters. The predicted molar refractivity (Wildman–Crippen MR) is 141 cm³/mol. The molecular formula is C30H28FN3O3. The number of nitrogens with zero attached hydrogens (tertiary/aromatic N) is 2. The largest absolute Gasteiger partial charge is 0.489 e. The summed E-state index contributed by atoms with van der Waals surface area (Å²) in [5, 5.41) is 10.8. The van der Waals surface area contributed by atoms with Crippen molar-refractivity contribution in [3.63, 3.8) is 0 Å². The third-order valence-electron chi connectivity index (χ3n) is 7.15. The van der Waals surface area contributed by atoms with E-state index >= 15 is 4.39 Å². The van der Waals surface area contributed by atoms with E-state index in [0.29, 0.717) is 56.5 Å². The van der Waals surface area contributed by atoms with Gasteiger partial charge in [-0.05, 0) is 47.5 Å². The van der Waals surface area contributed by atoms with Crippen molar-refractivity contribution in [2.24, 2.45) is 0 Å². The van der Waals surface area contributed by atoms with Gasteiger partial charge in [0.1, 0.15) is 23.7 Å². The maximum absolute atomic E-state index is 15.1. The number of rotatable bonds is 5. The first kappa shape index (κ1) is 23.5. The van der Waals surface area contributed by atoms with Gasteiger partial charge < -0.3 is 24.1 Å². The highest BCUT2D eigenvalue weighted by Crippen LogP contribution is 2.35. The number of morpholine rings is 1. The summed E-state index contributed by atoms with van der Waals surface area (Å²) in [6, 6.07) is 21.5. The molecule has 0 spiro atoms. The minimum absolute atomic E-state index is 0.0670. The predicted octanol–water partition coefficient (Wildman–Crippen LogP) is 5.91. The summed E-state index contributed by atoms with van der Waals surface area (Å²) >= 11 is 0. The Labute approximate surface area is 215 Å². The summed E-state index contributed by atoms with van der Waals surface area (Å²) in [5.74, 6) is 0.368. The Morgan fingerprint density at radius 3 is 2.49 bits per heavy atom. The van der Waals surface area contributed by atoms with E-state index in [1.54, 1.807) is 6.07 Å². The molecule has 3 aromatic carbocycles. The SMILES string of the molecule is N#Cc1cc(-c2cccc3[nH]c(-c4ccc(N5CCOCC5)c(F)c4)cc23)ccc1OC1CCOCC1. The average Bonchev–Trinajstić information content (AvgIpc) is 3.39. The topological polar surface area (TPSA) is 70.5 Å². The fraction of sp³-hybridized carbons (Fsp3) is 0.300. The quantitative estimate of drug-likeness (QED) is 0.371. The Balaban J connectivity index is 1.31. The number of aromatic amines is 1. The highest BCUT2D eigenvalue weighted by molar-refractivity contribution is 5.98. The number of hydrogen-bond donors (Lipinski definition) is 1. The molecule has 0 bridgehead atoms. The lowest BCUT2D eigenvalue weighted by molar-refractivity contribution is 0.0254. The number of H-pyrrole nitrogens is 1. The van der Waals surface area contributed by atoms with Gasteiger partial charge >= 0.3 is 0 Å². The molecule has 0 atom stereocenters. The third-order valence-corrected chi connectivity index (χ3v) is 7.15. The zero-order valence-electron chi connectivity index (χ0n) is 20.5. The van der Waals surface area contributed by atoms with Crippen molar-refractivity contribution in [3.8, 4) is 34.2 Å². The van der Waals surface area contributed by atoms with Crippen molar-refractivity contribution in [1.29, 1.82) is 5.26 Å². The highest BCUT2D eigenvalue weighted by Gasteiger charge is 2.19. The van der Waals surface area contributed by atoms with Gasteiger partial charge in [0, 0.05) is 48.1 Å². The minimum atomic E-state index is -0.239. The molecule has 2 aliphatic rings. The van der Waals surface area contributed by atoms with Crippen LogP contribution in [0, 0.1) is 17.1 Å². The van der Waals surface area contributed by atoms with Crippen LogP contribution in [0.15, 0.2) is 60.7 Å². The summed E-state index contributed by atoms with van der Waals surface area (Å²) in [6.45, 7) is 3.97. The zero-order chi connectivity index (χ0) is 25.2. The molecule has 3 heterocycles. The van der Waals surface area contributed by atoms with Crippen molar-refractivity contribution >= 4 is 16.6 Å². The monoisotopic (exact) mass is 497 g/mol. The molecule has 188 valence electrons. The second-order valence-corrected chi connectivity index (χ2v) is 9.47. The van der Waals surface area contributed by atoms with Crippen LogP contribution in [-0.4, -0.2) is 50.6 Å². The fourth-order valence-electron chi connectivity index (χ4n) is 5.16. The van der Waals surface area contributed by atoms with Crippen molar-refractivity contribution < 1.29 is 18.6 Å². The molecule has 7 heteroatoms. The Kier molecular flexibility index (Phi) is 6.52. The van der Waals surface area contributed by atoms with E-state index < -0.39 is 0 Å². The van der Waals surface area contributed by atoms with Crippen LogP contribution in [0.25, 0.3) is 33.3 Å². The average molecular weight is 498 g/mol. The van der Waals surface area contributed by atoms with Gasteiger partial charge in [0.25, 0.3) is 0 Å². The van der Waals surface area contributed by atoms with E-state index in [2.05, 4.69) is 11.1 Å². The zero-order valence-corrected chi connectivity index (χ0v) is 20.5. The second-order valence-electron chi connectivity index (χ2n) is 9.47. The molecule has 1 N–H and O–H groups in total. The van der Waals surface area contributed by atoms with E-state index in [1.807, 2.05) is 59.5 Å². The summed E-state index contributed by atoms with van der Waals surface area (Å²) < 4.78 is 32.0. The van der Waals surface area contributed by atoms with Gasteiger partial charge in [0.05, 0.1) is 37.7 Å². The van der Waals surface area contributed by atoms with Crippen LogP contribution in [0.3, 0.4) is 0 Å². The normalized spacial score (nSPS) is 16.6. The Morgan fingerprint density at radius 1 is 0.919 bits per heavy atom. The summed E-state index contributed by atoms with van der Waals surface area (Å²) in [7, 11) is 0. The van der Waals surface area contributed by atoms with Gasteiger partial charge in [-0.3, -0.25) is 0 Å². The smallest absolute Gasteiger partial charge is 0.147 e. The van der Waals surface area contributed by atoms with Crippen LogP contribution in [0.2, 0.25) is 0 Å². The van der Waals surface area contributed by atoms with Crippen LogP contribution in [0.4, 0.5) is 10.1 Å². The van der Waals surface area contributed by atoms with Crippen LogP contribution in [0.1, 0.15) is 18.4 Å². The molecule has 4 aromatic rings. The van der Waals surface area contributed by atoms with Crippen molar-refractivity contribution in [3.05, 3.63) is 72.0 Å². The first-order valence-electron chi connectivity index (χ1n) is 12.7. The van der Waals surface area contributed by atoms with E-state index in [4.69, 9.17) is 14.2 Å². The molecule has 1 aromatic heterocycles. The first-order valence-corrected chi connectivity index (χ1v) is 12.7. The lowest BCUT2D eigenvalue weighted by Crippen LogP contribution is -2.36. The molecule has 6 nitrogen and oxygen atoms in total. The highest BCUT2D eigenvalue weighted by atomic mass is 19.1. The van der Waals surface area contributed by atoms with Gasteiger partial charge in [-0.15, -0.1) is 0 Å². The van der Waals surface area contributed by atoms with Gasteiger partial charge in [0.15, 0.2) is 0 Å². The van der Waals surface area contributed by atoms with Crippen molar-refractivity contribution in [2.75, 3.05) is 44.4 Å². The third kappa shape index (κ3) is 4.78. The molecule has 2 aliphatic heterocycles. The molecule has 2 fully saturated rings. The lowest BCUT2D eigenvalue weighted by Gasteiger charge is -2.29. The van der Waals surface area contributed by atoms with Gasteiger partial charge in [-0.2, -0.15) is 5.26 Å². The van der Waals surface area contributed by atoms with E-state index in [9.17, 15) is 5.26 Å². The molecule has 6 rings (SSSR count). The van der Waals surface area contributed by atoms with Gasteiger partial charge in [-0.1, -0.05) is 24.3 Å². The van der Waals surface area contributed by atoms with E-state index in [0.717, 1.165) is 46.1 Å². The maximum atomic E-state index is 15.1. The Hall–Kier alpha value is -3.86. The number of aromatic nitrogens is 1. The number of anilines is 1. The number of benzene rings is 3.